The SMILES string of the molecule is Cc1nc(COc2cccc(C(=O)NNC(=O)c3cccc([N+](=O)[O-])c3)c2)cs1. The van der Waals surface area contributed by atoms with Gasteiger partial charge in [0.1, 0.15) is 12.4 Å². The van der Waals surface area contributed by atoms with Crippen LogP contribution in [0.25, 0.3) is 0 Å². The minimum Gasteiger partial charge on any atom is -0.487 e. The molecular weight excluding hydrogens is 396 g/mol. The van der Waals surface area contributed by atoms with E-state index in [0.29, 0.717) is 5.75 Å². The second-order valence-corrected chi connectivity index (χ2v) is 6.95. The van der Waals surface area contributed by atoms with Crippen LogP contribution in [0.3, 0.4) is 0 Å². The van der Waals surface area contributed by atoms with E-state index in [-0.39, 0.29) is 23.4 Å². The number of non-ortho nitro benzene ring substituents is 1. The molecule has 1 aromatic heterocycles. The number of nitro benzene ring substituents is 1. The quantitative estimate of drug-likeness (QED) is 0.474. The largest absolute Gasteiger partial charge is 0.487 e. The van der Waals surface area contributed by atoms with Crippen LogP contribution >= 0.6 is 11.3 Å². The molecule has 0 aliphatic heterocycles. The number of hydrazine groups is 1. The predicted molar refractivity (Wildman–Crippen MR) is 106 cm³/mol. The lowest BCUT2D eigenvalue weighted by Crippen LogP contribution is -2.41. The average Bonchev–Trinajstić information content (AvgIpc) is 3.15. The van der Waals surface area contributed by atoms with E-state index in [1.165, 1.54) is 35.6 Å². The summed E-state index contributed by atoms with van der Waals surface area (Å²) in [7, 11) is 0. The van der Waals surface area contributed by atoms with Gasteiger partial charge in [-0.15, -0.1) is 11.3 Å². The molecule has 0 aliphatic carbocycles. The van der Waals surface area contributed by atoms with Crippen molar-refractivity contribution in [2.24, 2.45) is 0 Å². The van der Waals surface area contributed by atoms with Crippen LogP contribution in [0.2, 0.25) is 0 Å². The monoisotopic (exact) mass is 412 g/mol. The fraction of sp³-hybridized carbons (Fsp3) is 0.105. The summed E-state index contributed by atoms with van der Waals surface area (Å²) in [6.45, 7) is 2.18. The third kappa shape index (κ3) is 5.36. The van der Waals surface area contributed by atoms with Gasteiger partial charge in [0.2, 0.25) is 0 Å². The number of carbonyl (C=O) groups excluding carboxylic acids is 2. The van der Waals surface area contributed by atoms with Crippen molar-refractivity contribution in [1.29, 1.82) is 0 Å². The number of carbonyl (C=O) groups is 2. The zero-order chi connectivity index (χ0) is 20.8. The molecule has 10 heteroatoms. The molecule has 2 N–H and O–H groups in total. The molecule has 0 spiro atoms. The number of aromatic nitrogens is 1. The Morgan fingerprint density at radius 1 is 1.10 bits per heavy atom. The molecule has 29 heavy (non-hydrogen) atoms. The molecule has 148 valence electrons. The van der Waals surface area contributed by atoms with Crippen molar-refractivity contribution in [2.75, 3.05) is 0 Å². The van der Waals surface area contributed by atoms with E-state index < -0.39 is 16.7 Å². The molecule has 9 nitrogen and oxygen atoms in total. The molecule has 0 saturated carbocycles. The molecule has 0 radical (unpaired) electrons. The van der Waals surface area contributed by atoms with E-state index in [0.717, 1.165) is 16.8 Å². The molecule has 0 aliphatic rings. The number of benzene rings is 2. The summed E-state index contributed by atoms with van der Waals surface area (Å²) >= 11 is 1.52. The average molecular weight is 412 g/mol. The Balaban J connectivity index is 1.58. The van der Waals surface area contributed by atoms with Crippen molar-refractivity contribution in [2.45, 2.75) is 13.5 Å². The van der Waals surface area contributed by atoms with Gasteiger partial charge in [-0.3, -0.25) is 30.6 Å². The Labute approximate surface area is 169 Å². The number of ether oxygens (including phenoxy) is 1. The topological polar surface area (TPSA) is 123 Å². The maximum absolute atomic E-state index is 12.3. The fourth-order valence-corrected chi connectivity index (χ4v) is 2.97. The Hall–Kier alpha value is -3.79. The third-order valence-electron chi connectivity index (χ3n) is 3.76. The molecule has 0 saturated heterocycles. The summed E-state index contributed by atoms with van der Waals surface area (Å²) in [5.74, 6) is -0.750. The first-order chi connectivity index (χ1) is 13.9. The molecule has 0 bridgehead atoms. The first kappa shape index (κ1) is 20.0. The number of amides is 2. The molecule has 2 aromatic carbocycles. The highest BCUT2D eigenvalue weighted by Gasteiger charge is 2.13. The summed E-state index contributed by atoms with van der Waals surface area (Å²) in [4.78, 5) is 38.9. The first-order valence-corrected chi connectivity index (χ1v) is 9.29. The number of nitrogens with zero attached hydrogens (tertiary/aromatic N) is 2. The summed E-state index contributed by atoms with van der Waals surface area (Å²) in [6.07, 6.45) is 0. The van der Waals surface area contributed by atoms with E-state index in [9.17, 15) is 19.7 Å². The fourth-order valence-electron chi connectivity index (χ4n) is 2.38. The lowest BCUT2D eigenvalue weighted by atomic mass is 10.2. The van der Waals surface area contributed by atoms with Crippen molar-refractivity contribution in [3.8, 4) is 5.75 Å². The van der Waals surface area contributed by atoms with Crippen molar-refractivity contribution in [3.05, 3.63) is 85.9 Å². The summed E-state index contributed by atoms with van der Waals surface area (Å²) in [6, 6.07) is 11.6. The van der Waals surface area contributed by atoms with E-state index >= 15 is 0 Å². The van der Waals surface area contributed by atoms with Crippen molar-refractivity contribution < 1.29 is 19.2 Å². The van der Waals surface area contributed by atoms with Crippen molar-refractivity contribution in [1.82, 2.24) is 15.8 Å². The van der Waals surface area contributed by atoms with Crippen LogP contribution in [0.1, 0.15) is 31.4 Å². The maximum atomic E-state index is 12.3. The van der Waals surface area contributed by atoms with Gasteiger partial charge in [-0.25, -0.2) is 4.98 Å². The van der Waals surface area contributed by atoms with Gasteiger partial charge in [-0.05, 0) is 31.2 Å². The van der Waals surface area contributed by atoms with E-state index in [1.54, 1.807) is 18.2 Å². The molecule has 0 fully saturated rings. The Morgan fingerprint density at radius 2 is 1.76 bits per heavy atom. The Kier molecular flexibility index (Phi) is 6.15. The number of aryl methyl sites for hydroxylation is 1. The summed E-state index contributed by atoms with van der Waals surface area (Å²) in [5, 5.41) is 13.6. The van der Waals surface area contributed by atoms with E-state index in [1.807, 2.05) is 12.3 Å². The number of hydrogen-bond donors (Lipinski definition) is 2. The molecular formula is C19H16N4O5S. The van der Waals surface area contributed by atoms with Crippen LogP contribution in [-0.2, 0) is 6.61 Å². The molecule has 3 aromatic rings. The predicted octanol–water partition coefficient (Wildman–Crippen LogP) is 3.01. The number of nitrogens with one attached hydrogen (secondary N) is 2. The van der Waals surface area contributed by atoms with Crippen molar-refractivity contribution >= 4 is 28.8 Å². The Morgan fingerprint density at radius 3 is 2.38 bits per heavy atom. The van der Waals surface area contributed by atoms with Gasteiger partial charge < -0.3 is 4.74 Å². The maximum Gasteiger partial charge on any atom is 0.270 e. The molecule has 2 amide bonds. The number of thiazole rings is 1. The highest BCUT2D eigenvalue weighted by Crippen LogP contribution is 2.16. The minimum absolute atomic E-state index is 0.0511. The normalized spacial score (nSPS) is 10.2. The summed E-state index contributed by atoms with van der Waals surface area (Å²) in [5.41, 5.74) is 5.41. The highest BCUT2D eigenvalue weighted by atomic mass is 32.1. The minimum atomic E-state index is -0.673. The molecule has 3 rings (SSSR count). The second kappa shape index (κ2) is 8.93. The summed E-state index contributed by atoms with van der Waals surface area (Å²) < 4.78 is 5.64. The van der Waals surface area contributed by atoms with Crippen LogP contribution in [0, 0.1) is 17.0 Å². The highest BCUT2D eigenvalue weighted by molar-refractivity contribution is 7.09. The molecule has 0 unspecified atom stereocenters. The number of nitro groups is 1. The van der Waals surface area contributed by atoms with Gasteiger partial charge in [0, 0.05) is 28.6 Å². The standard InChI is InChI=1S/C19H16N4O5S/c1-12-20-15(11-29-12)10-28-17-7-3-5-14(9-17)19(25)22-21-18(24)13-4-2-6-16(8-13)23(26)27/h2-9,11H,10H2,1H3,(H,21,24)(H,22,25). The van der Waals surface area contributed by atoms with Crippen LogP contribution in [0.4, 0.5) is 5.69 Å². The lowest BCUT2D eigenvalue weighted by molar-refractivity contribution is -0.384. The van der Waals surface area contributed by atoms with Gasteiger partial charge in [0.05, 0.1) is 15.6 Å². The van der Waals surface area contributed by atoms with Crippen molar-refractivity contribution in [3.63, 3.8) is 0 Å². The number of hydrogen-bond acceptors (Lipinski definition) is 7. The van der Waals surface area contributed by atoms with Gasteiger partial charge >= 0.3 is 0 Å². The molecule has 0 atom stereocenters. The first-order valence-electron chi connectivity index (χ1n) is 8.41. The van der Waals surface area contributed by atoms with Crippen LogP contribution in [0.5, 0.6) is 5.75 Å². The van der Waals surface area contributed by atoms with Gasteiger partial charge in [0.25, 0.3) is 17.5 Å². The van der Waals surface area contributed by atoms with E-state index in [2.05, 4.69) is 15.8 Å². The smallest absolute Gasteiger partial charge is 0.270 e. The van der Waals surface area contributed by atoms with Crippen LogP contribution < -0.4 is 15.6 Å². The second-order valence-electron chi connectivity index (χ2n) is 5.89. The third-order valence-corrected chi connectivity index (χ3v) is 4.58. The van der Waals surface area contributed by atoms with Crippen LogP contribution in [-0.4, -0.2) is 21.7 Å². The van der Waals surface area contributed by atoms with Crippen LogP contribution in [0.15, 0.2) is 53.9 Å². The zero-order valence-corrected chi connectivity index (χ0v) is 16.1. The zero-order valence-electron chi connectivity index (χ0n) is 15.2. The van der Waals surface area contributed by atoms with E-state index in [4.69, 9.17) is 4.74 Å². The molecule has 1 heterocycles. The number of rotatable bonds is 6. The van der Waals surface area contributed by atoms with Gasteiger partial charge in [-0.2, -0.15) is 0 Å². The lowest BCUT2D eigenvalue weighted by Gasteiger charge is -2.09. The Bertz CT molecular complexity index is 1070. The van der Waals surface area contributed by atoms with Gasteiger partial charge in [0.15, 0.2) is 0 Å². The van der Waals surface area contributed by atoms with Gasteiger partial charge in [-0.1, -0.05) is 12.1 Å².